The van der Waals surface area contributed by atoms with Gasteiger partial charge in [-0.3, -0.25) is 14.4 Å². The number of amides is 2. The number of nitrogens with zero attached hydrogens (tertiary/aromatic N) is 1. The van der Waals surface area contributed by atoms with Crippen molar-refractivity contribution >= 4 is 34.4 Å². The maximum absolute atomic E-state index is 13.7. The van der Waals surface area contributed by atoms with Crippen LogP contribution in [-0.4, -0.2) is 93.3 Å². The summed E-state index contributed by atoms with van der Waals surface area (Å²) in [7, 11) is 0. The number of pyridine rings is 1. The maximum Gasteiger partial charge on any atom is 0.305 e. The summed E-state index contributed by atoms with van der Waals surface area (Å²) in [5.41, 5.74) is 3.71. The van der Waals surface area contributed by atoms with Crippen LogP contribution in [0.3, 0.4) is 0 Å². The number of benzene rings is 3. The summed E-state index contributed by atoms with van der Waals surface area (Å²) in [4.78, 5) is 42.9. The van der Waals surface area contributed by atoms with E-state index in [1.807, 2.05) is 74.5 Å². The molecule has 0 aliphatic rings. The summed E-state index contributed by atoms with van der Waals surface area (Å²) in [6.07, 6.45) is 2.99. The van der Waals surface area contributed by atoms with E-state index in [-0.39, 0.29) is 38.6 Å². The van der Waals surface area contributed by atoms with Crippen molar-refractivity contribution in [1.82, 2.24) is 15.6 Å². The highest BCUT2D eigenvalue weighted by Gasteiger charge is 2.26. The predicted octanol–water partition coefficient (Wildman–Crippen LogP) is 5.70. The zero-order valence-corrected chi connectivity index (χ0v) is 30.7. The molecular formula is C41H52N4O8. The lowest BCUT2D eigenvalue weighted by molar-refractivity contribution is -0.138. The van der Waals surface area contributed by atoms with Gasteiger partial charge in [0, 0.05) is 25.8 Å². The highest BCUT2D eigenvalue weighted by Crippen LogP contribution is 2.30. The summed E-state index contributed by atoms with van der Waals surface area (Å²) in [5, 5.41) is 20.8. The monoisotopic (exact) mass is 728 g/mol. The number of hydrogen-bond acceptors (Lipinski definition) is 9. The van der Waals surface area contributed by atoms with Gasteiger partial charge in [0.25, 0.3) is 0 Å². The van der Waals surface area contributed by atoms with E-state index in [0.29, 0.717) is 51.6 Å². The van der Waals surface area contributed by atoms with Crippen LogP contribution in [0.1, 0.15) is 49.8 Å². The molecule has 0 spiro atoms. The smallest absolute Gasteiger partial charge is 0.305 e. The molecule has 4 aromatic rings. The Hall–Kier alpha value is -4.88. The first kappa shape index (κ1) is 40.9. The van der Waals surface area contributed by atoms with Gasteiger partial charge in [-0.2, -0.15) is 0 Å². The molecule has 4 N–H and O–H groups in total. The molecule has 0 radical (unpaired) electrons. The van der Waals surface area contributed by atoms with Crippen molar-refractivity contribution < 1.29 is 38.4 Å². The van der Waals surface area contributed by atoms with Crippen LogP contribution in [0.4, 0.5) is 5.82 Å². The summed E-state index contributed by atoms with van der Waals surface area (Å²) >= 11 is 0. The summed E-state index contributed by atoms with van der Waals surface area (Å²) in [6, 6.07) is 23.6. The van der Waals surface area contributed by atoms with E-state index in [1.165, 1.54) is 0 Å². The van der Waals surface area contributed by atoms with Crippen molar-refractivity contribution in [2.45, 2.75) is 51.6 Å². The number of carboxylic acid groups (broad SMARTS) is 1. The van der Waals surface area contributed by atoms with E-state index in [4.69, 9.17) is 18.9 Å². The molecule has 12 nitrogen and oxygen atoms in total. The lowest BCUT2D eigenvalue weighted by Crippen LogP contribution is -2.50. The van der Waals surface area contributed by atoms with Crippen molar-refractivity contribution in [3.8, 4) is 11.1 Å². The zero-order valence-electron chi connectivity index (χ0n) is 30.7. The second-order valence-electron chi connectivity index (χ2n) is 12.6. The van der Waals surface area contributed by atoms with E-state index >= 15 is 0 Å². The van der Waals surface area contributed by atoms with E-state index in [0.717, 1.165) is 39.7 Å². The van der Waals surface area contributed by atoms with E-state index in [2.05, 4.69) is 39.1 Å². The Balaban J connectivity index is 1.34. The molecule has 4 rings (SSSR count). The van der Waals surface area contributed by atoms with Crippen LogP contribution in [0.25, 0.3) is 21.9 Å². The second-order valence-corrected chi connectivity index (χ2v) is 12.6. The minimum absolute atomic E-state index is 0.128. The number of carbonyl (C=O) groups excluding carboxylic acids is 2. The second kappa shape index (κ2) is 22.9. The van der Waals surface area contributed by atoms with Gasteiger partial charge < -0.3 is 40.0 Å². The van der Waals surface area contributed by atoms with Gasteiger partial charge in [-0.25, -0.2) is 4.98 Å². The minimum atomic E-state index is -1.07. The molecule has 0 aliphatic heterocycles. The number of aliphatic carboxylic acids is 1. The SMILES string of the molecule is CCCOCCOCCOCCOC[C@H](NC(=O)CCCNc1cc(C)ccn1)C(=O)N[C@@H](CC(=O)O)c1ccc(-c2cccc3ccccc23)cc1. The van der Waals surface area contributed by atoms with Gasteiger partial charge in [-0.1, -0.05) is 73.7 Å². The normalized spacial score (nSPS) is 12.3. The largest absolute Gasteiger partial charge is 0.481 e. The van der Waals surface area contributed by atoms with Crippen LogP contribution in [0.2, 0.25) is 0 Å². The first-order chi connectivity index (χ1) is 25.8. The third-order valence-corrected chi connectivity index (χ3v) is 8.31. The predicted molar refractivity (Wildman–Crippen MR) is 205 cm³/mol. The molecule has 1 aromatic heterocycles. The standard InChI is InChI=1S/C41H52N4O8/c1-3-20-50-21-22-51-23-24-52-25-26-53-29-37(44-39(46)12-7-18-42-38-27-30(2)17-19-43-38)41(49)45-36(28-40(47)48)33-15-13-32(14-16-33)35-11-6-9-31-8-4-5-10-34(31)35/h4-6,8-11,13-17,19,27,36-37H,3,7,12,18,20-26,28-29H2,1-2H3,(H,42,43)(H,44,46)(H,45,49)(H,47,48)/t36-,37-/m0/s1. The Morgan fingerprint density at radius 3 is 2.17 bits per heavy atom. The Morgan fingerprint density at radius 1 is 0.792 bits per heavy atom. The summed E-state index contributed by atoms with van der Waals surface area (Å²) in [6.45, 7) is 7.39. The van der Waals surface area contributed by atoms with Gasteiger partial charge >= 0.3 is 5.97 Å². The molecule has 3 aromatic carbocycles. The number of carboxylic acids is 1. The number of rotatable bonds is 25. The lowest BCUT2D eigenvalue weighted by atomic mass is 9.95. The van der Waals surface area contributed by atoms with Crippen molar-refractivity contribution in [3.63, 3.8) is 0 Å². The van der Waals surface area contributed by atoms with Gasteiger partial charge in [0.05, 0.1) is 58.7 Å². The van der Waals surface area contributed by atoms with E-state index in [1.54, 1.807) is 6.20 Å². The third kappa shape index (κ3) is 14.6. The average Bonchev–Trinajstić information content (AvgIpc) is 3.16. The van der Waals surface area contributed by atoms with Gasteiger partial charge in [0.1, 0.15) is 11.9 Å². The Labute approximate surface area is 311 Å². The molecule has 0 bridgehead atoms. The molecule has 2 amide bonds. The lowest BCUT2D eigenvalue weighted by Gasteiger charge is -2.23. The number of aromatic nitrogens is 1. The molecule has 0 aliphatic carbocycles. The van der Waals surface area contributed by atoms with E-state index in [9.17, 15) is 19.5 Å². The van der Waals surface area contributed by atoms with Crippen LogP contribution >= 0.6 is 0 Å². The van der Waals surface area contributed by atoms with Crippen LogP contribution in [-0.2, 0) is 33.3 Å². The molecule has 0 saturated heterocycles. The van der Waals surface area contributed by atoms with Gasteiger partial charge in [-0.05, 0) is 64.9 Å². The zero-order chi connectivity index (χ0) is 37.7. The van der Waals surface area contributed by atoms with Crippen molar-refractivity contribution in [2.24, 2.45) is 0 Å². The number of hydrogen-bond donors (Lipinski definition) is 4. The van der Waals surface area contributed by atoms with Gasteiger partial charge in [0.2, 0.25) is 11.8 Å². The molecule has 12 heteroatoms. The van der Waals surface area contributed by atoms with Crippen LogP contribution in [0.5, 0.6) is 0 Å². The van der Waals surface area contributed by atoms with Crippen molar-refractivity contribution in [3.05, 3.63) is 96.2 Å². The molecule has 1 heterocycles. The van der Waals surface area contributed by atoms with Crippen LogP contribution in [0, 0.1) is 6.92 Å². The van der Waals surface area contributed by atoms with Crippen molar-refractivity contribution in [2.75, 3.05) is 64.7 Å². The van der Waals surface area contributed by atoms with Gasteiger partial charge in [-0.15, -0.1) is 0 Å². The molecule has 0 unspecified atom stereocenters. The molecular weight excluding hydrogens is 676 g/mol. The number of aryl methyl sites for hydroxylation is 1. The first-order valence-corrected chi connectivity index (χ1v) is 18.2. The Bertz CT molecular complexity index is 1710. The number of fused-ring (bicyclic) bond motifs is 1. The third-order valence-electron chi connectivity index (χ3n) is 8.31. The molecule has 0 fully saturated rings. The molecule has 284 valence electrons. The quantitative estimate of drug-likeness (QED) is 0.0625. The number of ether oxygens (including phenoxy) is 4. The Morgan fingerprint density at radius 2 is 1.47 bits per heavy atom. The molecule has 53 heavy (non-hydrogen) atoms. The highest BCUT2D eigenvalue weighted by molar-refractivity contribution is 5.96. The fourth-order valence-corrected chi connectivity index (χ4v) is 5.62. The summed E-state index contributed by atoms with van der Waals surface area (Å²) in [5.74, 6) is -1.24. The van der Waals surface area contributed by atoms with Crippen LogP contribution < -0.4 is 16.0 Å². The minimum Gasteiger partial charge on any atom is -0.481 e. The number of nitrogens with one attached hydrogen (secondary N) is 3. The fraction of sp³-hybridized carbons (Fsp3) is 0.415. The molecule has 0 saturated carbocycles. The average molecular weight is 729 g/mol. The van der Waals surface area contributed by atoms with Crippen LogP contribution in [0.15, 0.2) is 85.1 Å². The molecule has 2 atom stereocenters. The number of carbonyl (C=O) groups is 3. The number of anilines is 1. The topological polar surface area (TPSA) is 157 Å². The van der Waals surface area contributed by atoms with Gasteiger partial charge in [0.15, 0.2) is 0 Å². The summed E-state index contributed by atoms with van der Waals surface area (Å²) < 4.78 is 22.2. The van der Waals surface area contributed by atoms with Crippen molar-refractivity contribution in [1.29, 1.82) is 0 Å². The Kier molecular flexibility index (Phi) is 17.7. The van der Waals surface area contributed by atoms with E-state index < -0.39 is 24.0 Å². The fourth-order valence-electron chi connectivity index (χ4n) is 5.62. The maximum atomic E-state index is 13.7. The first-order valence-electron chi connectivity index (χ1n) is 18.2. The highest BCUT2D eigenvalue weighted by atomic mass is 16.6.